The van der Waals surface area contributed by atoms with E-state index >= 15 is 0 Å². The lowest BCUT2D eigenvalue weighted by molar-refractivity contribution is -0.120. The minimum atomic E-state index is -3.54. The first kappa shape index (κ1) is 21.0. The summed E-state index contributed by atoms with van der Waals surface area (Å²) in [4.78, 5) is 15.8. The van der Waals surface area contributed by atoms with Gasteiger partial charge in [-0.3, -0.25) is 9.69 Å². The number of hydrogen-bond acceptors (Lipinski definition) is 5. The van der Waals surface area contributed by atoms with E-state index in [9.17, 15) is 13.2 Å². The van der Waals surface area contributed by atoms with Gasteiger partial charge < -0.3 is 5.32 Å². The highest BCUT2D eigenvalue weighted by Gasteiger charge is 2.21. The zero-order chi connectivity index (χ0) is 19.5. The Labute approximate surface area is 167 Å². The number of anilines is 1. The van der Waals surface area contributed by atoms with Crippen molar-refractivity contribution in [1.82, 2.24) is 9.21 Å². The molecule has 2 rings (SSSR count). The molecule has 0 bridgehead atoms. The van der Waals surface area contributed by atoms with Gasteiger partial charge in [0, 0.05) is 41.1 Å². The van der Waals surface area contributed by atoms with Gasteiger partial charge in [-0.2, -0.15) is 0 Å². The SMILES string of the molecule is CC(C(=O)Nc1cccc(S(=O)(=O)N(C)C)c1)N(C)Cc1cc(Br)cs1. The monoisotopic (exact) mass is 459 g/mol. The number of likely N-dealkylation sites (N-methyl/N-ethyl adjacent to an activating group) is 1. The molecule has 1 N–H and O–H groups in total. The third-order valence-electron chi connectivity index (χ3n) is 3.95. The van der Waals surface area contributed by atoms with Gasteiger partial charge in [0.15, 0.2) is 0 Å². The van der Waals surface area contributed by atoms with E-state index in [1.165, 1.54) is 26.2 Å². The lowest BCUT2D eigenvalue weighted by atomic mass is 10.2. The lowest BCUT2D eigenvalue weighted by Gasteiger charge is -2.23. The quantitative estimate of drug-likeness (QED) is 0.689. The molecule has 1 aromatic carbocycles. The summed E-state index contributed by atoms with van der Waals surface area (Å²) in [6, 6.07) is 7.93. The molecule has 0 aliphatic heterocycles. The highest BCUT2D eigenvalue weighted by Crippen LogP contribution is 2.22. The maximum absolute atomic E-state index is 12.5. The number of benzene rings is 1. The molecular weight excluding hydrogens is 438 g/mol. The Balaban J connectivity index is 2.07. The van der Waals surface area contributed by atoms with Crippen molar-refractivity contribution in [2.75, 3.05) is 26.5 Å². The van der Waals surface area contributed by atoms with Crippen LogP contribution in [0.4, 0.5) is 5.69 Å². The van der Waals surface area contributed by atoms with Crippen LogP contribution in [0.15, 0.2) is 45.1 Å². The number of hydrogen-bond donors (Lipinski definition) is 1. The molecule has 1 atom stereocenters. The molecule has 26 heavy (non-hydrogen) atoms. The summed E-state index contributed by atoms with van der Waals surface area (Å²) in [6.07, 6.45) is 0. The number of carbonyl (C=O) groups is 1. The molecule has 1 amide bonds. The van der Waals surface area contributed by atoms with Crippen molar-refractivity contribution in [1.29, 1.82) is 0 Å². The topological polar surface area (TPSA) is 69.7 Å². The van der Waals surface area contributed by atoms with Crippen LogP contribution >= 0.6 is 27.3 Å². The smallest absolute Gasteiger partial charge is 0.242 e. The number of carbonyl (C=O) groups excluding carboxylic acids is 1. The minimum Gasteiger partial charge on any atom is -0.325 e. The second kappa shape index (κ2) is 8.62. The summed E-state index contributed by atoms with van der Waals surface area (Å²) < 4.78 is 26.6. The predicted octanol–water partition coefficient (Wildman–Crippen LogP) is 3.22. The standard InChI is InChI=1S/C17H22BrN3O3S2/c1-12(21(4)10-15-8-13(18)11-25-15)17(22)19-14-6-5-7-16(9-14)26(23,24)20(2)3/h5-9,11-12H,10H2,1-4H3,(H,19,22). The average molecular weight is 460 g/mol. The summed E-state index contributed by atoms with van der Waals surface area (Å²) in [5, 5.41) is 4.80. The van der Waals surface area contributed by atoms with Gasteiger partial charge in [-0.05, 0) is 54.2 Å². The average Bonchev–Trinajstić information content (AvgIpc) is 2.98. The van der Waals surface area contributed by atoms with Gasteiger partial charge in [0.05, 0.1) is 10.9 Å². The van der Waals surface area contributed by atoms with Crippen LogP contribution in [0.2, 0.25) is 0 Å². The summed E-state index contributed by atoms with van der Waals surface area (Å²) in [7, 11) is 1.28. The molecule has 142 valence electrons. The van der Waals surface area contributed by atoms with Crippen LogP contribution in [-0.2, 0) is 21.4 Å². The summed E-state index contributed by atoms with van der Waals surface area (Å²) >= 11 is 5.05. The molecule has 6 nitrogen and oxygen atoms in total. The highest BCUT2D eigenvalue weighted by molar-refractivity contribution is 9.10. The number of nitrogens with one attached hydrogen (secondary N) is 1. The number of rotatable bonds is 7. The van der Waals surface area contributed by atoms with Crippen molar-refractivity contribution in [3.05, 3.63) is 45.1 Å². The number of thiophene rings is 1. The van der Waals surface area contributed by atoms with Crippen molar-refractivity contribution in [2.45, 2.75) is 24.4 Å². The number of nitrogens with zero attached hydrogens (tertiary/aromatic N) is 2. The molecule has 0 spiro atoms. The number of halogens is 1. The zero-order valence-electron chi connectivity index (χ0n) is 15.1. The molecule has 1 heterocycles. The Morgan fingerprint density at radius 2 is 1.96 bits per heavy atom. The molecule has 1 aromatic heterocycles. The Bertz CT molecular complexity index is 881. The first-order chi connectivity index (χ1) is 12.1. The molecule has 1 unspecified atom stereocenters. The van der Waals surface area contributed by atoms with Gasteiger partial charge in [-0.25, -0.2) is 12.7 Å². The molecule has 0 fully saturated rings. The second-order valence-electron chi connectivity index (χ2n) is 6.13. The molecule has 0 radical (unpaired) electrons. The molecule has 0 saturated carbocycles. The van der Waals surface area contributed by atoms with Gasteiger partial charge in [0.2, 0.25) is 15.9 Å². The molecular formula is C17H22BrN3O3S2. The van der Waals surface area contributed by atoms with E-state index in [1.54, 1.807) is 23.5 Å². The van der Waals surface area contributed by atoms with Crippen LogP contribution in [0, 0.1) is 0 Å². The fourth-order valence-corrected chi connectivity index (χ4v) is 4.67. The van der Waals surface area contributed by atoms with Crippen LogP contribution in [0.3, 0.4) is 0 Å². The van der Waals surface area contributed by atoms with E-state index in [2.05, 4.69) is 21.2 Å². The Hall–Kier alpha value is -1.26. The fraction of sp³-hybridized carbons (Fsp3) is 0.353. The molecule has 0 aliphatic rings. The van der Waals surface area contributed by atoms with E-state index in [0.29, 0.717) is 12.2 Å². The maximum atomic E-state index is 12.5. The van der Waals surface area contributed by atoms with Gasteiger partial charge in [-0.15, -0.1) is 11.3 Å². The van der Waals surface area contributed by atoms with E-state index in [0.717, 1.165) is 13.7 Å². The van der Waals surface area contributed by atoms with Crippen LogP contribution in [0.5, 0.6) is 0 Å². The van der Waals surface area contributed by atoms with E-state index in [1.807, 2.05) is 30.3 Å². The molecule has 0 saturated heterocycles. The van der Waals surface area contributed by atoms with Crippen LogP contribution in [0.1, 0.15) is 11.8 Å². The van der Waals surface area contributed by atoms with Crippen molar-refractivity contribution < 1.29 is 13.2 Å². The second-order valence-corrected chi connectivity index (χ2v) is 10.2. The molecule has 2 aromatic rings. The third-order valence-corrected chi connectivity index (χ3v) is 7.44. The summed E-state index contributed by atoms with van der Waals surface area (Å²) in [5.74, 6) is -0.192. The van der Waals surface area contributed by atoms with Crippen LogP contribution < -0.4 is 5.32 Å². The van der Waals surface area contributed by atoms with Gasteiger partial charge >= 0.3 is 0 Å². The Morgan fingerprint density at radius 3 is 2.54 bits per heavy atom. The molecule has 9 heteroatoms. The zero-order valence-corrected chi connectivity index (χ0v) is 18.3. The fourth-order valence-electron chi connectivity index (χ4n) is 2.21. The normalized spacial score (nSPS) is 13.2. The lowest BCUT2D eigenvalue weighted by Crippen LogP contribution is -2.39. The number of sulfonamides is 1. The summed E-state index contributed by atoms with van der Waals surface area (Å²) in [5.41, 5.74) is 0.456. The summed E-state index contributed by atoms with van der Waals surface area (Å²) in [6.45, 7) is 2.47. The van der Waals surface area contributed by atoms with E-state index < -0.39 is 10.0 Å². The first-order valence-electron chi connectivity index (χ1n) is 7.88. The van der Waals surface area contributed by atoms with Crippen molar-refractivity contribution >= 4 is 48.9 Å². The largest absolute Gasteiger partial charge is 0.325 e. The van der Waals surface area contributed by atoms with E-state index in [4.69, 9.17) is 0 Å². The third kappa shape index (κ3) is 5.14. The van der Waals surface area contributed by atoms with Crippen molar-refractivity contribution in [3.8, 4) is 0 Å². The maximum Gasteiger partial charge on any atom is 0.242 e. The number of amides is 1. The molecule has 0 aliphatic carbocycles. The minimum absolute atomic E-state index is 0.143. The Morgan fingerprint density at radius 1 is 1.27 bits per heavy atom. The first-order valence-corrected chi connectivity index (χ1v) is 11.0. The van der Waals surface area contributed by atoms with Crippen molar-refractivity contribution in [3.63, 3.8) is 0 Å². The predicted molar refractivity (Wildman–Crippen MR) is 109 cm³/mol. The Kier molecular flexibility index (Phi) is 6.98. The van der Waals surface area contributed by atoms with Gasteiger partial charge in [-0.1, -0.05) is 6.07 Å². The highest BCUT2D eigenvalue weighted by atomic mass is 79.9. The van der Waals surface area contributed by atoms with Gasteiger partial charge in [0.25, 0.3) is 0 Å². The van der Waals surface area contributed by atoms with Crippen LogP contribution in [-0.4, -0.2) is 50.7 Å². The van der Waals surface area contributed by atoms with E-state index in [-0.39, 0.29) is 16.8 Å². The van der Waals surface area contributed by atoms with Crippen molar-refractivity contribution in [2.24, 2.45) is 0 Å². The van der Waals surface area contributed by atoms with Crippen LogP contribution in [0.25, 0.3) is 0 Å². The van der Waals surface area contributed by atoms with Gasteiger partial charge in [0.1, 0.15) is 0 Å².